The molecular weight excluding hydrogens is 252 g/mol. The average molecular weight is 267 g/mol. The fourth-order valence-electron chi connectivity index (χ4n) is 2.14. The number of thiol groups is 1. The van der Waals surface area contributed by atoms with E-state index >= 15 is 0 Å². The molecule has 0 saturated carbocycles. The molecule has 17 heavy (non-hydrogen) atoms. The Balaban J connectivity index is 2.08. The zero-order valence-corrected chi connectivity index (χ0v) is 11.1. The molecule has 1 aromatic rings. The van der Waals surface area contributed by atoms with Gasteiger partial charge >= 0.3 is 0 Å². The normalized spacial score (nSPS) is 28.0. The molecule has 0 heterocycles. The van der Waals surface area contributed by atoms with Crippen LogP contribution in [0.15, 0.2) is 42.5 Å². The second-order valence-electron chi connectivity index (χ2n) is 4.39. The number of benzene rings is 1. The predicted molar refractivity (Wildman–Crippen MR) is 74.6 cm³/mol. The third-order valence-electron chi connectivity index (χ3n) is 3.07. The van der Waals surface area contributed by atoms with Crippen molar-refractivity contribution in [2.45, 2.75) is 23.5 Å². The zero-order chi connectivity index (χ0) is 12.3. The summed E-state index contributed by atoms with van der Waals surface area (Å²) in [5, 5.41) is 0. The van der Waals surface area contributed by atoms with Gasteiger partial charge in [0, 0.05) is 6.42 Å². The Morgan fingerprint density at radius 3 is 2.76 bits per heavy atom. The number of rotatable bonds is 3. The van der Waals surface area contributed by atoms with Crippen LogP contribution in [0.2, 0.25) is 0 Å². The standard InChI is InChI=1S/C14H15ClOS/c15-14(17)9-5-4-8-12(14)13(16)10-11-6-2-1-3-7-11/h1-3,5-7,9,12,17H,4,8,10H2. The summed E-state index contributed by atoms with van der Waals surface area (Å²) in [6, 6.07) is 9.76. The lowest BCUT2D eigenvalue weighted by molar-refractivity contribution is -0.122. The summed E-state index contributed by atoms with van der Waals surface area (Å²) < 4.78 is -0.815. The van der Waals surface area contributed by atoms with E-state index in [1.807, 2.05) is 42.5 Å². The molecule has 3 heteroatoms. The quantitative estimate of drug-likeness (QED) is 0.502. The predicted octanol–water partition coefficient (Wildman–Crippen LogP) is 3.63. The van der Waals surface area contributed by atoms with Gasteiger partial charge in [-0.25, -0.2) is 0 Å². The summed E-state index contributed by atoms with van der Waals surface area (Å²) in [5.74, 6) is -0.0248. The van der Waals surface area contributed by atoms with Crippen molar-refractivity contribution in [1.29, 1.82) is 0 Å². The van der Waals surface area contributed by atoms with Gasteiger partial charge in [0.25, 0.3) is 0 Å². The summed E-state index contributed by atoms with van der Waals surface area (Å²) in [6.45, 7) is 0. The van der Waals surface area contributed by atoms with Gasteiger partial charge in [-0.15, -0.1) is 11.6 Å². The van der Waals surface area contributed by atoms with Crippen LogP contribution < -0.4 is 0 Å². The molecule has 0 bridgehead atoms. The second kappa shape index (κ2) is 5.28. The topological polar surface area (TPSA) is 17.1 Å². The molecule has 0 amide bonds. The van der Waals surface area contributed by atoms with Crippen LogP contribution in [0.5, 0.6) is 0 Å². The highest BCUT2D eigenvalue weighted by Gasteiger charge is 2.37. The van der Waals surface area contributed by atoms with Crippen LogP contribution in [0.3, 0.4) is 0 Å². The van der Waals surface area contributed by atoms with E-state index < -0.39 is 4.21 Å². The van der Waals surface area contributed by atoms with Gasteiger partial charge in [0.2, 0.25) is 0 Å². The zero-order valence-electron chi connectivity index (χ0n) is 9.47. The molecule has 0 saturated heterocycles. The maximum atomic E-state index is 12.2. The summed E-state index contributed by atoms with van der Waals surface area (Å²) >= 11 is 10.6. The number of carbonyl (C=O) groups is 1. The van der Waals surface area contributed by atoms with Crippen molar-refractivity contribution in [2.24, 2.45) is 5.92 Å². The monoisotopic (exact) mass is 266 g/mol. The molecule has 0 aromatic heterocycles. The van der Waals surface area contributed by atoms with Crippen LogP contribution in [-0.4, -0.2) is 9.99 Å². The summed E-state index contributed by atoms with van der Waals surface area (Å²) in [6.07, 6.45) is 5.95. The van der Waals surface area contributed by atoms with Crippen molar-refractivity contribution in [3.8, 4) is 0 Å². The number of allylic oxidation sites excluding steroid dienone is 1. The maximum absolute atomic E-state index is 12.2. The van der Waals surface area contributed by atoms with E-state index in [0.717, 1.165) is 18.4 Å². The lowest BCUT2D eigenvalue weighted by Gasteiger charge is -2.30. The molecule has 2 unspecified atom stereocenters. The fourth-order valence-corrected chi connectivity index (χ4v) is 2.84. The Morgan fingerprint density at radius 2 is 2.12 bits per heavy atom. The number of hydrogen-bond acceptors (Lipinski definition) is 2. The summed E-state index contributed by atoms with van der Waals surface area (Å²) in [5.41, 5.74) is 1.04. The van der Waals surface area contributed by atoms with Crippen LogP contribution in [0, 0.1) is 5.92 Å². The van der Waals surface area contributed by atoms with Gasteiger partial charge in [0.15, 0.2) is 0 Å². The van der Waals surface area contributed by atoms with Gasteiger partial charge in [-0.1, -0.05) is 42.5 Å². The van der Waals surface area contributed by atoms with E-state index in [0.29, 0.717) is 6.42 Å². The highest BCUT2D eigenvalue weighted by molar-refractivity contribution is 7.83. The minimum Gasteiger partial charge on any atom is -0.299 e. The van der Waals surface area contributed by atoms with Crippen LogP contribution in [0.1, 0.15) is 18.4 Å². The Kier molecular flexibility index (Phi) is 3.95. The van der Waals surface area contributed by atoms with E-state index in [4.69, 9.17) is 11.6 Å². The molecule has 2 rings (SSSR count). The summed E-state index contributed by atoms with van der Waals surface area (Å²) in [4.78, 5) is 12.2. The first-order valence-electron chi connectivity index (χ1n) is 5.75. The highest BCUT2D eigenvalue weighted by atomic mass is 35.5. The first-order chi connectivity index (χ1) is 8.09. The lowest BCUT2D eigenvalue weighted by atomic mass is 9.87. The van der Waals surface area contributed by atoms with E-state index in [1.54, 1.807) is 0 Å². The molecule has 0 aliphatic heterocycles. The minimum atomic E-state index is -0.815. The minimum absolute atomic E-state index is 0.172. The van der Waals surface area contributed by atoms with Crippen molar-refractivity contribution in [3.05, 3.63) is 48.0 Å². The van der Waals surface area contributed by atoms with Crippen LogP contribution in [-0.2, 0) is 11.2 Å². The third kappa shape index (κ3) is 3.14. The van der Waals surface area contributed by atoms with E-state index in [-0.39, 0.29) is 11.7 Å². The molecule has 0 N–H and O–H groups in total. The number of Topliss-reactive ketones (excluding diaryl/α,β-unsaturated/α-hetero) is 1. The Morgan fingerprint density at radius 1 is 1.41 bits per heavy atom. The molecule has 2 atom stereocenters. The first-order valence-corrected chi connectivity index (χ1v) is 6.58. The lowest BCUT2D eigenvalue weighted by Crippen LogP contribution is -2.34. The van der Waals surface area contributed by atoms with Gasteiger partial charge in [-0.2, -0.15) is 12.6 Å². The van der Waals surface area contributed by atoms with E-state index in [9.17, 15) is 4.79 Å². The Bertz CT molecular complexity index is 425. The van der Waals surface area contributed by atoms with Gasteiger partial charge in [-0.05, 0) is 18.4 Å². The fraction of sp³-hybridized carbons (Fsp3) is 0.357. The van der Waals surface area contributed by atoms with Crippen LogP contribution >= 0.6 is 24.2 Å². The van der Waals surface area contributed by atoms with Crippen LogP contribution in [0.4, 0.5) is 0 Å². The molecule has 0 fully saturated rings. The third-order valence-corrected chi connectivity index (χ3v) is 3.92. The van der Waals surface area contributed by atoms with Crippen molar-refractivity contribution in [3.63, 3.8) is 0 Å². The SMILES string of the molecule is O=C(Cc1ccccc1)C1CCC=CC1(S)Cl. The molecular formula is C14H15ClOS. The number of alkyl halides is 1. The van der Waals surface area contributed by atoms with Crippen molar-refractivity contribution in [1.82, 2.24) is 0 Å². The number of carbonyl (C=O) groups excluding carboxylic acids is 1. The van der Waals surface area contributed by atoms with Gasteiger partial charge in [0.1, 0.15) is 9.99 Å². The molecule has 1 aliphatic carbocycles. The van der Waals surface area contributed by atoms with Crippen molar-refractivity contribution in [2.75, 3.05) is 0 Å². The van der Waals surface area contributed by atoms with E-state index in [2.05, 4.69) is 12.6 Å². The van der Waals surface area contributed by atoms with Crippen molar-refractivity contribution >= 4 is 30.0 Å². The first kappa shape index (κ1) is 12.7. The molecule has 90 valence electrons. The number of ketones is 1. The average Bonchev–Trinajstić information content (AvgIpc) is 2.29. The van der Waals surface area contributed by atoms with Crippen molar-refractivity contribution < 1.29 is 4.79 Å². The van der Waals surface area contributed by atoms with Gasteiger partial charge in [-0.3, -0.25) is 4.79 Å². The molecule has 0 spiro atoms. The maximum Gasteiger partial charge on any atom is 0.143 e. The molecule has 1 aliphatic rings. The number of halogens is 1. The second-order valence-corrected chi connectivity index (χ2v) is 6.02. The highest BCUT2D eigenvalue weighted by Crippen LogP contribution is 2.39. The molecule has 1 nitrogen and oxygen atoms in total. The smallest absolute Gasteiger partial charge is 0.143 e. The number of hydrogen-bond donors (Lipinski definition) is 1. The van der Waals surface area contributed by atoms with Gasteiger partial charge in [0.05, 0.1) is 5.92 Å². The van der Waals surface area contributed by atoms with Crippen LogP contribution in [0.25, 0.3) is 0 Å². The Hall–Kier alpha value is -0.730. The molecule has 1 aromatic carbocycles. The Labute approximate surface area is 112 Å². The van der Waals surface area contributed by atoms with E-state index in [1.165, 1.54) is 0 Å². The molecule has 0 radical (unpaired) electrons. The summed E-state index contributed by atoms with van der Waals surface area (Å²) in [7, 11) is 0. The largest absolute Gasteiger partial charge is 0.299 e. The van der Waals surface area contributed by atoms with Gasteiger partial charge < -0.3 is 0 Å².